The number of fused-ring (bicyclic) bond motifs is 1. The van der Waals surface area contributed by atoms with Gasteiger partial charge < -0.3 is 20.3 Å². The van der Waals surface area contributed by atoms with Gasteiger partial charge in [-0.1, -0.05) is 0 Å². The standard InChI is InChI=1S/C12H15NO4/c1-6-7(2)11-10(16-5-17-11)3-8(6)9(4-13)12(14)15/h3,9H,4-5,13H2,1-2H3,(H,14,15). The number of nitrogens with two attached hydrogens (primary N) is 1. The number of ether oxygens (including phenoxy) is 2. The van der Waals surface area contributed by atoms with Crippen LogP contribution in [0.2, 0.25) is 0 Å². The van der Waals surface area contributed by atoms with Gasteiger partial charge in [0.05, 0.1) is 5.92 Å². The van der Waals surface area contributed by atoms with E-state index < -0.39 is 11.9 Å². The molecule has 2 rings (SSSR count). The molecule has 1 unspecified atom stereocenters. The summed E-state index contributed by atoms with van der Waals surface area (Å²) in [4.78, 5) is 11.1. The van der Waals surface area contributed by atoms with Gasteiger partial charge in [-0.3, -0.25) is 4.79 Å². The molecule has 1 heterocycles. The minimum atomic E-state index is -0.922. The van der Waals surface area contributed by atoms with Gasteiger partial charge in [0.2, 0.25) is 6.79 Å². The van der Waals surface area contributed by atoms with Crippen LogP contribution in [0.1, 0.15) is 22.6 Å². The van der Waals surface area contributed by atoms with Crippen LogP contribution < -0.4 is 15.2 Å². The Bertz CT molecular complexity index is 470. The molecular formula is C12H15NO4. The molecule has 0 aromatic heterocycles. The van der Waals surface area contributed by atoms with E-state index in [1.54, 1.807) is 6.07 Å². The topological polar surface area (TPSA) is 81.8 Å². The normalized spacial score (nSPS) is 14.8. The van der Waals surface area contributed by atoms with E-state index in [1.165, 1.54) is 0 Å². The Hall–Kier alpha value is -1.75. The lowest BCUT2D eigenvalue weighted by molar-refractivity contribution is -0.138. The van der Waals surface area contributed by atoms with Crippen LogP contribution in [0.25, 0.3) is 0 Å². The fourth-order valence-corrected chi connectivity index (χ4v) is 2.05. The van der Waals surface area contributed by atoms with Crippen molar-refractivity contribution in [2.45, 2.75) is 19.8 Å². The van der Waals surface area contributed by atoms with Gasteiger partial charge in [0.15, 0.2) is 11.5 Å². The van der Waals surface area contributed by atoms with Crippen LogP contribution >= 0.6 is 0 Å². The highest BCUT2D eigenvalue weighted by molar-refractivity contribution is 5.78. The highest BCUT2D eigenvalue weighted by Crippen LogP contribution is 2.40. The first-order valence-corrected chi connectivity index (χ1v) is 5.38. The van der Waals surface area contributed by atoms with Gasteiger partial charge in [0, 0.05) is 6.54 Å². The second kappa shape index (κ2) is 4.25. The molecule has 0 fully saturated rings. The van der Waals surface area contributed by atoms with Crippen LogP contribution in [0.5, 0.6) is 11.5 Å². The van der Waals surface area contributed by atoms with E-state index in [0.29, 0.717) is 17.1 Å². The highest BCUT2D eigenvalue weighted by Gasteiger charge is 2.26. The fourth-order valence-electron chi connectivity index (χ4n) is 2.05. The van der Waals surface area contributed by atoms with Crippen LogP contribution in [0.3, 0.4) is 0 Å². The van der Waals surface area contributed by atoms with E-state index in [0.717, 1.165) is 11.1 Å². The van der Waals surface area contributed by atoms with E-state index in [1.807, 2.05) is 13.8 Å². The Balaban J connectivity index is 2.55. The van der Waals surface area contributed by atoms with Gasteiger partial charge in [0.25, 0.3) is 0 Å². The Morgan fingerprint density at radius 3 is 2.76 bits per heavy atom. The highest BCUT2D eigenvalue weighted by atomic mass is 16.7. The number of carboxylic acid groups (broad SMARTS) is 1. The predicted octanol–water partition coefficient (Wildman–Crippen LogP) is 1.16. The van der Waals surface area contributed by atoms with Gasteiger partial charge in [0.1, 0.15) is 0 Å². The SMILES string of the molecule is Cc1c(C(CN)C(=O)O)cc2c(c1C)OCO2. The average Bonchev–Trinajstić information content (AvgIpc) is 2.73. The maximum Gasteiger partial charge on any atom is 0.312 e. The lowest BCUT2D eigenvalue weighted by Gasteiger charge is -2.16. The van der Waals surface area contributed by atoms with Crippen molar-refractivity contribution >= 4 is 5.97 Å². The number of carbonyl (C=O) groups is 1. The minimum absolute atomic E-state index is 0.0647. The monoisotopic (exact) mass is 237 g/mol. The lowest BCUT2D eigenvalue weighted by atomic mass is 9.91. The molecule has 5 nitrogen and oxygen atoms in total. The summed E-state index contributed by atoms with van der Waals surface area (Å²) in [6, 6.07) is 1.72. The van der Waals surface area contributed by atoms with Crippen LogP contribution in [0, 0.1) is 13.8 Å². The fraction of sp³-hybridized carbons (Fsp3) is 0.417. The lowest BCUT2D eigenvalue weighted by Crippen LogP contribution is -2.22. The predicted molar refractivity (Wildman–Crippen MR) is 61.5 cm³/mol. The Morgan fingerprint density at radius 2 is 2.18 bits per heavy atom. The van der Waals surface area contributed by atoms with Gasteiger partial charge in [-0.15, -0.1) is 0 Å². The molecule has 1 aromatic rings. The summed E-state index contributed by atoms with van der Waals surface area (Å²) >= 11 is 0. The Labute approximate surface area is 99.1 Å². The van der Waals surface area contributed by atoms with Crippen molar-refractivity contribution in [3.63, 3.8) is 0 Å². The maximum atomic E-state index is 11.1. The first-order chi connectivity index (χ1) is 8.06. The van der Waals surface area contributed by atoms with Crippen molar-refractivity contribution in [3.8, 4) is 11.5 Å². The third kappa shape index (κ3) is 1.82. The van der Waals surface area contributed by atoms with Crippen LogP contribution in [0.15, 0.2) is 6.07 Å². The van der Waals surface area contributed by atoms with Crippen molar-refractivity contribution in [3.05, 3.63) is 22.8 Å². The average molecular weight is 237 g/mol. The van der Waals surface area contributed by atoms with E-state index in [2.05, 4.69) is 0 Å². The Morgan fingerprint density at radius 1 is 1.47 bits per heavy atom. The number of carboxylic acids is 1. The third-order valence-corrected chi connectivity index (χ3v) is 3.17. The number of benzene rings is 1. The Kier molecular flexibility index (Phi) is 2.93. The minimum Gasteiger partial charge on any atom is -0.481 e. The molecule has 1 aliphatic rings. The second-order valence-electron chi connectivity index (χ2n) is 4.08. The van der Waals surface area contributed by atoms with Crippen molar-refractivity contribution in [1.82, 2.24) is 0 Å². The number of hydrogen-bond acceptors (Lipinski definition) is 4. The van der Waals surface area contributed by atoms with Crippen molar-refractivity contribution in [2.24, 2.45) is 5.73 Å². The van der Waals surface area contributed by atoms with Crippen LogP contribution in [-0.2, 0) is 4.79 Å². The molecule has 1 aromatic carbocycles. The molecule has 0 aliphatic carbocycles. The van der Waals surface area contributed by atoms with Crippen LogP contribution in [-0.4, -0.2) is 24.4 Å². The number of rotatable bonds is 3. The molecule has 0 bridgehead atoms. The summed E-state index contributed by atoms with van der Waals surface area (Å²) in [6.07, 6.45) is 0. The van der Waals surface area contributed by atoms with Crippen molar-refractivity contribution in [1.29, 1.82) is 0 Å². The summed E-state index contributed by atoms with van der Waals surface area (Å²) in [5, 5.41) is 9.14. The van der Waals surface area contributed by atoms with Gasteiger partial charge in [-0.05, 0) is 36.6 Å². The van der Waals surface area contributed by atoms with E-state index >= 15 is 0 Å². The zero-order valence-corrected chi connectivity index (χ0v) is 9.82. The molecule has 0 saturated carbocycles. The summed E-state index contributed by atoms with van der Waals surface area (Å²) in [5.41, 5.74) is 8.02. The molecule has 3 N–H and O–H groups in total. The maximum absolute atomic E-state index is 11.1. The van der Waals surface area contributed by atoms with Gasteiger partial charge >= 0.3 is 5.97 Å². The largest absolute Gasteiger partial charge is 0.481 e. The molecule has 0 saturated heterocycles. The van der Waals surface area contributed by atoms with Gasteiger partial charge in [-0.2, -0.15) is 0 Å². The molecule has 92 valence electrons. The number of hydrogen-bond donors (Lipinski definition) is 2. The molecule has 0 spiro atoms. The number of aliphatic carboxylic acids is 1. The van der Waals surface area contributed by atoms with Crippen molar-refractivity contribution in [2.75, 3.05) is 13.3 Å². The molecular weight excluding hydrogens is 222 g/mol. The summed E-state index contributed by atoms with van der Waals surface area (Å²) < 4.78 is 10.6. The third-order valence-electron chi connectivity index (χ3n) is 3.17. The first-order valence-electron chi connectivity index (χ1n) is 5.38. The van der Waals surface area contributed by atoms with E-state index in [-0.39, 0.29) is 13.3 Å². The first kappa shape index (κ1) is 11.7. The van der Waals surface area contributed by atoms with Gasteiger partial charge in [-0.25, -0.2) is 0 Å². The summed E-state index contributed by atoms with van der Waals surface area (Å²) in [7, 11) is 0. The zero-order valence-electron chi connectivity index (χ0n) is 9.82. The molecule has 1 aliphatic heterocycles. The summed E-state index contributed by atoms with van der Waals surface area (Å²) in [5.74, 6) is -0.327. The summed E-state index contributed by atoms with van der Waals surface area (Å²) in [6.45, 7) is 4.01. The molecule has 0 amide bonds. The van der Waals surface area contributed by atoms with E-state index in [4.69, 9.17) is 20.3 Å². The van der Waals surface area contributed by atoms with E-state index in [9.17, 15) is 4.79 Å². The van der Waals surface area contributed by atoms with Crippen molar-refractivity contribution < 1.29 is 19.4 Å². The quantitative estimate of drug-likeness (QED) is 0.824. The zero-order chi connectivity index (χ0) is 12.6. The smallest absolute Gasteiger partial charge is 0.312 e. The molecule has 0 radical (unpaired) electrons. The van der Waals surface area contributed by atoms with Crippen LogP contribution in [0.4, 0.5) is 0 Å². The molecule has 1 atom stereocenters. The second-order valence-corrected chi connectivity index (χ2v) is 4.08. The molecule has 17 heavy (non-hydrogen) atoms. The molecule has 5 heteroatoms.